The molecule has 0 saturated carbocycles. The van der Waals surface area contributed by atoms with Gasteiger partial charge in [-0.1, -0.05) is 340 Å². The predicted molar refractivity (Wildman–Crippen MR) is 533 cm³/mol. The molecule has 0 heterocycles. The topological polar surface area (TPSA) is 246 Å². The fourth-order valence-corrected chi connectivity index (χ4v) is 9.38. The molecule has 0 rings (SSSR count). The van der Waals surface area contributed by atoms with Crippen LogP contribution in [0.4, 0.5) is 0 Å². The fourth-order valence-electron chi connectivity index (χ4n) is 9.38. The summed E-state index contributed by atoms with van der Waals surface area (Å²) in [5.74, 6) is 9.00. The van der Waals surface area contributed by atoms with E-state index in [1.165, 1.54) is 83.5 Å². The molecule has 0 atom stereocenters. The number of Topliss-reactive ketones (excluding diaryl/α,β-unsaturated/α-hetero) is 7. The third-order valence-corrected chi connectivity index (χ3v) is 19.2. The second-order valence-electron chi connectivity index (χ2n) is 40.1. The van der Waals surface area contributed by atoms with E-state index in [-0.39, 0.29) is 115 Å². The number of unbranched alkanes of at least 4 members (excludes halogenated alkanes) is 8. The average Bonchev–Trinajstić information content (AvgIpc) is 0.978. The molecule has 0 spiro atoms. The number of carbonyl (C=O) groups is 9. The van der Waals surface area contributed by atoms with Crippen molar-refractivity contribution in [1.29, 1.82) is 0 Å². The summed E-state index contributed by atoms with van der Waals surface area (Å²) in [6.45, 7) is 84.1. The van der Waals surface area contributed by atoms with Crippen molar-refractivity contribution in [1.82, 2.24) is 0 Å². The summed E-state index contributed by atoms with van der Waals surface area (Å²) in [5, 5.41) is 0. The lowest BCUT2D eigenvalue weighted by molar-refractivity contribution is -0.148. The van der Waals surface area contributed by atoms with E-state index in [9.17, 15) is 43.2 Å². The minimum atomic E-state index is -0.0920. The summed E-state index contributed by atoms with van der Waals surface area (Å²) in [5.41, 5.74) is 0. The predicted octanol–water partition coefficient (Wildman–Crippen LogP) is 27.3. The van der Waals surface area contributed by atoms with Crippen LogP contribution < -0.4 is 0 Å². The van der Waals surface area contributed by atoms with Crippen LogP contribution in [0.5, 0.6) is 0 Å². The smallest absolute Gasteiger partial charge is 0.308 e. The number of carbonyl (C=O) groups excluding carboxylic acids is 9. The Bertz CT molecular complexity index is 2220. The first-order chi connectivity index (χ1) is 58.3. The maximum atomic E-state index is 11.3. The van der Waals surface area contributed by atoms with Crippen LogP contribution in [0.15, 0.2) is 0 Å². The zero-order valence-corrected chi connectivity index (χ0v) is 89.1. The van der Waals surface area contributed by atoms with Gasteiger partial charge in [-0.05, 0) is 111 Å². The summed E-state index contributed by atoms with van der Waals surface area (Å²) in [7, 11) is 0. The van der Waals surface area contributed by atoms with Crippen LogP contribution in [0.2, 0.25) is 0 Å². The van der Waals surface area contributed by atoms with Gasteiger partial charge in [0.2, 0.25) is 0 Å². The van der Waals surface area contributed by atoms with Gasteiger partial charge in [0.25, 0.3) is 0 Å². The molecular weight excluding hydrogens is 1590 g/mol. The van der Waals surface area contributed by atoms with Crippen LogP contribution in [0.25, 0.3) is 0 Å². The molecule has 0 fully saturated rings. The first kappa shape index (κ1) is 143. The molecule has 0 aromatic heterocycles. The van der Waals surface area contributed by atoms with Gasteiger partial charge in [-0.3, -0.25) is 43.2 Å². The van der Waals surface area contributed by atoms with Gasteiger partial charge in [0, 0.05) is 100 Å². The van der Waals surface area contributed by atoms with Gasteiger partial charge in [0.05, 0.1) is 64.7 Å². The molecular formula is C107H216O19. The number of rotatable bonds is 69. The van der Waals surface area contributed by atoms with Crippen molar-refractivity contribution in [2.45, 2.75) is 417 Å². The van der Waals surface area contributed by atoms with E-state index >= 15 is 0 Å². The van der Waals surface area contributed by atoms with Gasteiger partial charge in [0.15, 0.2) is 23.1 Å². The normalized spacial score (nSPS) is 11.1. The first-order valence-electron chi connectivity index (χ1n) is 50.0. The molecule has 0 unspecified atom stereocenters. The highest BCUT2D eigenvalue weighted by Crippen LogP contribution is 2.15. The van der Waals surface area contributed by atoms with Crippen molar-refractivity contribution in [2.24, 2.45) is 107 Å². The second kappa shape index (κ2) is 103. The lowest BCUT2D eigenvalue weighted by Crippen LogP contribution is -2.17. The Labute approximate surface area is 781 Å². The maximum absolute atomic E-state index is 11.3. The van der Waals surface area contributed by atoms with Crippen molar-refractivity contribution in [3.8, 4) is 0 Å². The number of hydrogen-bond donors (Lipinski definition) is 0. The van der Waals surface area contributed by atoms with E-state index in [1.54, 1.807) is 0 Å². The Hall–Kier alpha value is -3.69. The lowest BCUT2D eigenvalue weighted by atomic mass is 10.0. The van der Waals surface area contributed by atoms with Gasteiger partial charge in [0.1, 0.15) is 43.8 Å². The molecule has 758 valence electrons. The molecule has 19 nitrogen and oxygen atoms in total. The highest BCUT2D eigenvalue weighted by Gasteiger charge is 2.14. The van der Waals surface area contributed by atoms with Crippen molar-refractivity contribution in [3.63, 3.8) is 0 Å². The molecule has 126 heavy (non-hydrogen) atoms. The van der Waals surface area contributed by atoms with Crippen LogP contribution in [-0.2, 0) is 90.5 Å². The molecule has 0 aliphatic carbocycles. The van der Waals surface area contributed by atoms with E-state index in [1.807, 2.05) is 125 Å². The van der Waals surface area contributed by atoms with E-state index in [0.29, 0.717) is 121 Å². The molecule has 0 aromatic carbocycles. The van der Waals surface area contributed by atoms with Crippen LogP contribution in [0.3, 0.4) is 0 Å². The van der Waals surface area contributed by atoms with Crippen LogP contribution in [-0.4, -0.2) is 171 Å². The van der Waals surface area contributed by atoms with Gasteiger partial charge >= 0.3 is 11.9 Å². The highest BCUT2D eigenvalue weighted by atomic mass is 16.5. The minimum Gasteiger partial charge on any atom is -0.465 e. The monoisotopic (exact) mass is 1810 g/mol. The zero-order valence-electron chi connectivity index (χ0n) is 89.1. The van der Waals surface area contributed by atoms with Crippen LogP contribution in [0, 0.1) is 107 Å². The number of ketones is 7. The average molecular weight is 1810 g/mol. The summed E-state index contributed by atoms with van der Waals surface area (Å²) >= 11 is 0. The van der Waals surface area contributed by atoms with Gasteiger partial charge in [-0.25, -0.2) is 0 Å². The molecule has 19 heteroatoms. The van der Waals surface area contributed by atoms with Crippen molar-refractivity contribution in [2.75, 3.05) is 119 Å². The molecule has 0 saturated heterocycles. The standard InChI is InChI=1S/C14H28O2.C13H26O3.C13H26O2.C12H24O3.2C12H24O2.C11H22O.C10H20O2.C9H18O2.CH4/c1-12(2)8-6-5-7-10-16-11-9-14(15)13(3)4;1-11(2)5-7-15-9-10-16-8-6-13(14)12(3)4;1-11(2)8-6-5-7-9-15-10-13(14)12(3)4;1-10(2)5-6-14-7-8-15-9-12(13)11(3)4;1-10(2)7-5-6-8-14-9-12(13)11(3)4;1-10(2)8-6-5-7-9-14-12(13)11(3)4;1-9(2)7-5-6-8-11(12)10(3)4;1-8(2)5-6-12-7-10(11)9(3)4;1-7(2)5-6-11-9(10)8(3)4;/h12-13H,5-11H2,1-4H3;11-12H,5-10H2,1-4H3;11-12H,5-10H2,1-4H3;10-11H,5-9H2,1-4H3;2*10-11H,5-9H2,1-4H3;9-10H,5-8H2,1-4H3;8-9H,5-7H2,1-4H3;7-8H,5-6H2,1-4H3;1H4. The van der Waals surface area contributed by atoms with E-state index < -0.39 is 0 Å². The SMILES string of the molecule is C.CC(C)CCCCC(=O)C(C)C.CC(C)CCCCCOC(=O)C(C)C.CC(C)CCCCCOCC(=O)C(C)C.CC(C)CCCCCOCCC(=O)C(C)C.CC(C)CCCCOCC(=O)C(C)C.CC(C)CCOC(=O)C(C)C.CC(C)CCOCC(=O)C(C)C.CC(C)CCOCCOCC(=O)C(C)C.CC(C)CCOCCOCCC(=O)C(C)C. The van der Waals surface area contributed by atoms with Crippen molar-refractivity contribution in [3.05, 3.63) is 0 Å². The Balaban J connectivity index is -0.000000150. The molecule has 0 radical (unpaired) electrons. The Morgan fingerprint density at radius 2 is 0.349 bits per heavy atom. The number of hydrogen-bond acceptors (Lipinski definition) is 19. The Kier molecular flexibility index (Phi) is 117. The molecule has 0 aromatic rings. The molecule has 0 bridgehead atoms. The van der Waals surface area contributed by atoms with E-state index in [4.69, 9.17) is 47.4 Å². The maximum Gasteiger partial charge on any atom is 0.308 e. The van der Waals surface area contributed by atoms with Crippen molar-refractivity contribution < 1.29 is 90.5 Å². The Morgan fingerprint density at radius 3 is 0.627 bits per heavy atom. The quantitative estimate of drug-likeness (QED) is 0.0405. The second-order valence-corrected chi connectivity index (χ2v) is 40.1. The van der Waals surface area contributed by atoms with E-state index in [2.05, 4.69) is 125 Å². The van der Waals surface area contributed by atoms with Crippen LogP contribution in [0.1, 0.15) is 417 Å². The fraction of sp³-hybridized carbons (Fsp3) is 0.916. The lowest BCUT2D eigenvalue weighted by Gasteiger charge is -2.07. The minimum absolute atomic E-state index is 0. The summed E-state index contributed by atoms with van der Waals surface area (Å²) in [6, 6.07) is 0. The first-order valence-corrected chi connectivity index (χ1v) is 50.0. The van der Waals surface area contributed by atoms with Gasteiger partial charge in [-0.15, -0.1) is 0 Å². The molecule has 0 amide bonds. The van der Waals surface area contributed by atoms with Gasteiger partial charge < -0.3 is 47.4 Å². The highest BCUT2D eigenvalue weighted by molar-refractivity contribution is 5.83. The van der Waals surface area contributed by atoms with Gasteiger partial charge in [-0.2, -0.15) is 0 Å². The number of ether oxygens (including phenoxy) is 10. The summed E-state index contributed by atoms with van der Waals surface area (Å²) in [4.78, 5) is 100. The third kappa shape index (κ3) is 136. The largest absolute Gasteiger partial charge is 0.465 e. The summed E-state index contributed by atoms with van der Waals surface area (Å²) < 4.78 is 52.6. The summed E-state index contributed by atoms with van der Waals surface area (Å²) in [6.07, 6.45) is 27.6. The zero-order chi connectivity index (χ0) is 98.1. The molecule has 0 N–H and O–H groups in total. The van der Waals surface area contributed by atoms with Crippen molar-refractivity contribution >= 4 is 52.4 Å². The Morgan fingerprint density at radius 1 is 0.159 bits per heavy atom. The van der Waals surface area contributed by atoms with E-state index in [0.717, 1.165) is 127 Å². The van der Waals surface area contributed by atoms with Crippen LogP contribution >= 0.6 is 0 Å². The third-order valence-electron chi connectivity index (χ3n) is 19.2. The molecule has 0 aliphatic rings. The number of esters is 2. The molecule has 0 aliphatic heterocycles.